The first-order chi connectivity index (χ1) is 12.1. The highest BCUT2D eigenvalue weighted by Crippen LogP contribution is 2.24. The number of para-hydroxylation sites is 1. The molecule has 0 unspecified atom stereocenters. The Hall–Kier alpha value is -2.50. The first-order valence-corrected chi connectivity index (χ1v) is 8.78. The molecule has 0 aliphatic carbocycles. The lowest BCUT2D eigenvalue weighted by Gasteiger charge is -2.32. The summed E-state index contributed by atoms with van der Waals surface area (Å²) in [5.74, 6) is 1.85. The fourth-order valence-corrected chi connectivity index (χ4v) is 3.28. The van der Waals surface area contributed by atoms with Gasteiger partial charge in [-0.2, -0.15) is 0 Å². The number of rotatable bonds is 3. The van der Waals surface area contributed by atoms with Crippen LogP contribution in [0.5, 0.6) is 0 Å². The van der Waals surface area contributed by atoms with Crippen molar-refractivity contribution >= 4 is 22.8 Å². The summed E-state index contributed by atoms with van der Waals surface area (Å²) < 4.78 is 5.93. The molecule has 1 aliphatic rings. The van der Waals surface area contributed by atoms with Gasteiger partial charge in [-0.15, -0.1) is 0 Å². The number of aliphatic imine (C=N–C) groups is 1. The van der Waals surface area contributed by atoms with Gasteiger partial charge in [-0.3, -0.25) is 9.79 Å². The fraction of sp³-hybridized carbons (Fsp3) is 0.474. The number of hydrogen-bond donors (Lipinski definition) is 2. The van der Waals surface area contributed by atoms with Crippen LogP contribution in [0.1, 0.15) is 31.1 Å². The standard InChI is InChI=1S/C19H26N4O2/c1-13-16-6-4-5-7-17(16)25-18(13)12-21-19(20-3)22-15-8-10-23(11-9-15)14(2)24/h4-7,15H,8-12H2,1-3H3,(H2,20,21,22). The number of nitrogens with zero attached hydrogens (tertiary/aromatic N) is 2. The first kappa shape index (κ1) is 17.3. The van der Waals surface area contributed by atoms with Gasteiger partial charge in [0.05, 0.1) is 6.54 Å². The second-order valence-corrected chi connectivity index (χ2v) is 6.50. The van der Waals surface area contributed by atoms with Gasteiger partial charge < -0.3 is 20.0 Å². The van der Waals surface area contributed by atoms with E-state index in [0.29, 0.717) is 12.6 Å². The Balaban J connectivity index is 1.56. The molecule has 6 heteroatoms. The highest BCUT2D eigenvalue weighted by atomic mass is 16.3. The Kier molecular flexibility index (Phi) is 5.26. The molecule has 6 nitrogen and oxygen atoms in total. The Morgan fingerprint density at radius 1 is 1.32 bits per heavy atom. The summed E-state index contributed by atoms with van der Waals surface area (Å²) in [5, 5.41) is 7.93. The molecule has 2 N–H and O–H groups in total. The molecule has 3 rings (SSSR count). The van der Waals surface area contributed by atoms with E-state index in [0.717, 1.165) is 54.2 Å². The molecule has 25 heavy (non-hydrogen) atoms. The number of furan rings is 1. The van der Waals surface area contributed by atoms with Gasteiger partial charge in [0.25, 0.3) is 0 Å². The van der Waals surface area contributed by atoms with Gasteiger partial charge in [-0.25, -0.2) is 0 Å². The number of amides is 1. The summed E-state index contributed by atoms with van der Waals surface area (Å²) in [7, 11) is 1.77. The Bertz CT molecular complexity index is 773. The molecular weight excluding hydrogens is 316 g/mol. The second kappa shape index (κ2) is 7.59. The number of hydrogen-bond acceptors (Lipinski definition) is 3. The third-order valence-corrected chi connectivity index (χ3v) is 4.86. The highest BCUT2D eigenvalue weighted by molar-refractivity contribution is 5.83. The molecule has 1 saturated heterocycles. The molecule has 1 aliphatic heterocycles. The van der Waals surface area contributed by atoms with Crippen molar-refractivity contribution in [3.8, 4) is 0 Å². The predicted octanol–water partition coefficient (Wildman–Crippen LogP) is 2.42. The van der Waals surface area contributed by atoms with Gasteiger partial charge in [-0.05, 0) is 25.8 Å². The van der Waals surface area contributed by atoms with Gasteiger partial charge in [0.15, 0.2) is 5.96 Å². The Labute approximate surface area is 148 Å². The smallest absolute Gasteiger partial charge is 0.219 e. The second-order valence-electron chi connectivity index (χ2n) is 6.50. The molecule has 0 atom stereocenters. The molecule has 0 bridgehead atoms. The van der Waals surface area contributed by atoms with E-state index in [9.17, 15) is 4.79 Å². The number of carbonyl (C=O) groups excluding carboxylic acids is 1. The zero-order chi connectivity index (χ0) is 17.8. The van der Waals surface area contributed by atoms with Crippen LogP contribution < -0.4 is 10.6 Å². The monoisotopic (exact) mass is 342 g/mol. The highest BCUT2D eigenvalue weighted by Gasteiger charge is 2.21. The maximum Gasteiger partial charge on any atom is 0.219 e. The zero-order valence-corrected chi connectivity index (χ0v) is 15.1. The molecule has 2 heterocycles. The van der Waals surface area contributed by atoms with Crippen molar-refractivity contribution in [2.24, 2.45) is 4.99 Å². The van der Waals surface area contributed by atoms with Crippen molar-refractivity contribution in [1.82, 2.24) is 15.5 Å². The Morgan fingerprint density at radius 2 is 2.04 bits per heavy atom. The van der Waals surface area contributed by atoms with Crippen LogP contribution in [0, 0.1) is 6.92 Å². The van der Waals surface area contributed by atoms with E-state index in [-0.39, 0.29) is 5.91 Å². The molecule has 1 aromatic carbocycles. The topological polar surface area (TPSA) is 69.9 Å². The molecule has 134 valence electrons. The molecule has 1 fully saturated rings. The van der Waals surface area contributed by atoms with Crippen molar-refractivity contribution in [3.05, 3.63) is 35.6 Å². The normalized spacial score (nSPS) is 16.3. The van der Waals surface area contributed by atoms with Crippen LogP contribution in [0.15, 0.2) is 33.7 Å². The van der Waals surface area contributed by atoms with Gasteiger partial charge in [0, 0.05) is 44.1 Å². The summed E-state index contributed by atoms with van der Waals surface area (Å²) in [4.78, 5) is 17.6. The van der Waals surface area contributed by atoms with Crippen molar-refractivity contribution < 1.29 is 9.21 Å². The summed E-state index contributed by atoms with van der Waals surface area (Å²) in [5.41, 5.74) is 2.07. The average molecular weight is 342 g/mol. The number of aryl methyl sites for hydroxylation is 1. The van der Waals surface area contributed by atoms with E-state index in [4.69, 9.17) is 4.42 Å². The van der Waals surface area contributed by atoms with Crippen molar-refractivity contribution in [3.63, 3.8) is 0 Å². The number of benzene rings is 1. The fourth-order valence-electron chi connectivity index (χ4n) is 3.28. The van der Waals surface area contributed by atoms with Crippen LogP contribution in [0.25, 0.3) is 11.0 Å². The molecule has 1 aromatic heterocycles. The number of guanidine groups is 1. The number of fused-ring (bicyclic) bond motifs is 1. The van der Waals surface area contributed by atoms with E-state index in [1.807, 2.05) is 23.1 Å². The SMILES string of the molecule is CN=C(NCc1oc2ccccc2c1C)NC1CCN(C(C)=O)CC1. The van der Waals surface area contributed by atoms with Crippen LogP contribution in [-0.2, 0) is 11.3 Å². The number of likely N-dealkylation sites (tertiary alicyclic amines) is 1. The van der Waals surface area contributed by atoms with Crippen LogP contribution in [0.3, 0.4) is 0 Å². The molecule has 0 radical (unpaired) electrons. The van der Waals surface area contributed by atoms with E-state index >= 15 is 0 Å². The molecule has 0 saturated carbocycles. The lowest BCUT2D eigenvalue weighted by atomic mass is 10.1. The van der Waals surface area contributed by atoms with E-state index in [2.05, 4.69) is 28.6 Å². The van der Waals surface area contributed by atoms with Crippen molar-refractivity contribution in [2.75, 3.05) is 20.1 Å². The van der Waals surface area contributed by atoms with Gasteiger partial charge in [-0.1, -0.05) is 18.2 Å². The maximum absolute atomic E-state index is 11.4. The van der Waals surface area contributed by atoms with Crippen molar-refractivity contribution in [1.29, 1.82) is 0 Å². The van der Waals surface area contributed by atoms with Crippen LogP contribution >= 0.6 is 0 Å². The number of nitrogens with one attached hydrogen (secondary N) is 2. The summed E-state index contributed by atoms with van der Waals surface area (Å²) in [6.45, 7) is 5.90. The van der Waals surface area contributed by atoms with E-state index in [1.54, 1.807) is 14.0 Å². The average Bonchev–Trinajstić information content (AvgIpc) is 2.95. The third-order valence-electron chi connectivity index (χ3n) is 4.86. The molecule has 0 spiro atoms. The summed E-state index contributed by atoms with van der Waals surface area (Å²) in [6, 6.07) is 8.40. The van der Waals surface area contributed by atoms with E-state index in [1.165, 1.54) is 0 Å². The van der Waals surface area contributed by atoms with Crippen molar-refractivity contribution in [2.45, 2.75) is 39.3 Å². The van der Waals surface area contributed by atoms with Crippen LogP contribution in [0.2, 0.25) is 0 Å². The quantitative estimate of drug-likeness (QED) is 0.664. The molecular formula is C19H26N4O2. The van der Waals surface area contributed by atoms with Gasteiger partial charge in [0.1, 0.15) is 11.3 Å². The molecule has 1 amide bonds. The molecule has 2 aromatic rings. The minimum atomic E-state index is 0.154. The minimum absolute atomic E-state index is 0.154. The first-order valence-electron chi connectivity index (χ1n) is 8.78. The Morgan fingerprint density at radius 3 is 2.68 bits per heavy atom. The summed E-state index contributed by atoms with van der Waals surface area (Å²) in [6.07, 6.45) is 1.87. The minimum Gasteiger partial charge on any atom is -0.459 e. The maximum atomic E-state index is 11.4. The number of piperidine rings is 1. The largest absolute Gasteiger partial charge is 0.459 e. The number of carbonyl (C=O) groups is 1. The lowest BCUT2D eigenvalue weighted by molar-refractivity contribution is -0.129. The van der Waals surface area contributed by atoms with Gasteiger partial charge in [0.2, 0.25) is 5.91 Å². The third kappa shape index (κ3) is 3.95. The summed E-state index contributed by atoms with van der Waals surface area (Å²) >= 11 is 0. The van der Waals surface area contributed by atoms with Crippen LogP contribution in [0.4, 0.5) is 0 Å². The lowest BCUT2D eigenvalue weighted by Crippen LogP contribution is -2.49. The van der Waals surface area contributed by atoms with E-state index < -0.39 is 0 Å². The van der Waals surface area contributed by atoms with Crippen LogP contribution in [-0.4, -0.2) is 42.9 Å². The van der Waals surface area contributed by atoms with Gasteiger partial charge >= 0.3 is 0 Å². The predicted molar refractivity (Wildman–Crippen MR) is 99.6 cm³/mol. The zero-order valence-electron chi connectivity index (χ0n) is 15.1.